The second kappa shape index (κ2) is 7.77. The third kappa shape index (κ3) is 3.30. The lowest BCUT2D eigenvalue weighted by Gasteiger charge is -2.32. The van der Waals surface area contributed by atoms with Crippen LogP contribution in [0.25, 0.3) is 11.6 Å². The second-order valence-electron chi connectivity index (χ2n) is 8.82. The minimum Gasteiger partial charge on any atom is -0.506 e. The third-order valence-electron chi connectivity index (χ3n) is 6.78. The lowest BCUT2D eigenvalue weighted by Crippen LogP contribution is -2.40. The molecule has 0 bridgehead atoms. The topological polar surface area (TPSA) is 91.7 Å². The van der Waals surface area contributed by atoms with Gasteiger partial charge in [0.1, 0.15) is 11.6 Å². The number of hydrogen-bond donors (Lipinski definition) is 2. The molecule has 34 heavy (non-hydrogen) atoms. The molecule has 3 aromatic carbocycles. The molecule has 5 nitrogen and oxygen atoms in total. The van der Waals surface area contributed by atoms with E-state index in [2.05, 4.69) is 0 Å². The Morgan fingerprint density at radius 1 is 1.00 bits per heavy atom. The van der Waals surface area contributed by atoms with Crippen LogP contribution in [0.1, 0.15) is 41.3 Å². The summed E-state index contributed by atoms with van der Waals surface area (Å²) >= 11 is 5.86. The van der Waals surface area contributed by atoms with Crippen LogP contribution in [0.5, 0.6) is 5.75 Å². The summed E-state index contributed by atoms with van der Waals surface area (Å²) in [5, 5.41) is 11.3. The predicted octanol–water partition coefficient (Wildman–Crippen LogP) is 3.66. The van der Waals surface area contributed by atoms with E-state index >= 15 is 4.39 Å². The number of Topliss-reactive ketones (excluding diaryl/α,β-unsaturated/α-hetero) is 1. The maximum absolute atomic E-state index is 15.1. The van der Waals surface area contributed by atoms with E-state index in [9.17, 15) is 22.9 Å². The number of halogens is 2. The van der Waals surface area contributed by atoms with Crippen LogP contribution in [0.3, 0.4) is 0 Å². The molecule has 2 aliphatic rings. The van der Waals surface area contributed by atoms with Gasteiger partial charge in [0, 0.05) is 22.6 Å². The van der Waals surface area contributed by atoms with E-state index in [1.165, 1.54) is 0 Å². The summed E-state index contributed by atoms with van der Waals surface area (Å²) in [6.07, 6.45) is 1.73. The highest BCUT2D eigenvalue weighted by atomic mass is 35.5. The summed E-state index contributed by atoms with van der Waals surface area (Å²) in [6.45, 7) is 3.38. The van der Waals surface area contributed by atoms with Crippen molar-refractivity contribution in [3.8, 4) is 5.75 Å². The molecule has 0 saturated heterocycles. The summed E-state index contributed by atoms with van der Waals surface area (Å²) in [6, 6.07) is 12.8. The number of phenols is 1. The zero-order valence-corrected chi connectivity index (χ0v) is 19.8. The number of aromatic hydroxyl groups is 1. The zero-order valence-electron chi connectivity index (χ0n) is 18.2. The molecular weight excluding hydrogens is 479 g/mol. The maximum Gasteiger partial charge on any atom is 0.268 e. The molecule has 0 radical (unpaired) electrons. The Balaban J connectivity index is 1.95. The number of rotatable bonds is 2. The highest BCUT2D eigenvalue weighted by Gasteiger charge is 2.40. The average Bonchev–Trinajstić information content (AvgIpc) is 2.75. The van der Waals surface area contributed by atoms with E-state index in [4.69, 9.17) is 11.6 Å². The van der Waals surface area contributed by atoms with Crippen molar-refractivity contribution >= 4 is 39.2 Å². The number of phenolic OH excluding ortho intramolecular Hbond substituents is 1. The van der Waals surface area contributed by atoms with Crippen molar-refractivity contribution in [2.24, 2.45) is 5.92 Å². The summed E-state index contributed by atoms with van der Waals surface area (Å²) in [7, 11) is -4.41. The first-order chi connectivity index (χ1) is 16.0. The van der Waals surface area contributed by atoms with Crippen LogP contribution in [0.4, 0.5) is 4.39 Å². The second-order valence-corrected chi connectivity index (χ2v) is 10.8. The SMILES string of the molecule is CC1C=c2ccc3c(c2C(C)C1S(=O)(=O)O)C(=O)C(c1cc(O)c(Cl)cc1F)=c1ccccc1=3. The van der Waals surface area contributed by atoms with Gasteiger partial charge in [-0.15, -0.1) is 0 Å². The van der Waals surface area contributed by atoms with E-state index in [-0.39, 0.29) is 27.5 Å². The fourth-order valence-electron chi connectivity index (χ4n) is 5.45. The summed E-state index contributed by atoms with van der Waals surface area (Å²) in [4.78, 5) is 14.0. The van der Waals surface area contributed by atoms with Gasteiger partial charge < -0.3 is 5.11 Å². The minimum absolute atomic E-state index is 0.0511. The Labute approximate surface area is 199 Å². The normalized spacial score (nSPS) is 21.4. The summed E-state index contributed by atoms with van der Waals surface area (Å²) in [5.74, 6) is -2.79. The van der Waals surface area contributed by atoms with Gasteiger partial charge in [-0.25, -0.2) is 4.39 Å². The Bertz CT molecular complexity index is 1730. The highest BCUT2D eigenvalue weighted by Crippen LogP contribution is 2.37. The van der Waals surface area contributed by atoms with Crippen molar-refractivity contribution in [3.05, 3.63) is 96.9 Å². The molecule has 0 fully saturated rings. The smallest absolute Gasteiger partial charge is 0.268 e. The zero-order chi connectivity index (χ0) is 24.5. The maximum atomic E-state index is 15.1. The van der Waals surface area contributed by atoms with Crippen molar-refractivity contribution in [2.45, 2.75) is 25.0 Å². The first-order valence-electron chi connectivity index (χ1n) is 10.7. The van der Waals surface area contributed by atoms with Gasteiger partial charge in [0.15, 0.2) is 5.78 Å². The number of carbonyl (C=O) groups excluding carboxylic acids is 1. The minimum atomic E-state index is -4.41. The molecule has 0 saturated carbocycles. The van der Waals surface area contributed by atoms with Crippen LogP contribution in [-0.4, -0.2) is 29.1 Å². The molecule has 8 heteroatoms. The molecule has 2 aliphatic carbocycles. The van der Waals surface area contributed by atoms with E-state index in [1.54, 1.807) is 50.3 Å². The van der Waals surface area contributed by atoms with Gasteiger partial charge in [0.2, 0.25) is 0 Å². The Hall–Kier alpha value is -3.00. The van der Waals surface area contributed by atoms with Crippen LogP contribution in [0.15, 0.2) is 48.5 Å². The number of hydrogen-bond acceptors (Lipinski definition) is 4. The molecule has 0 spiro atoms. The molecule has 2 N–H and O–H groups in total. The molecule has 3 aromatic rings. The van der Waals surface area contributed by atoms with Gasteiger partial charge in [0.25, 0.3) is 10.1 Å². The molecule has 0 heterocycles. The van der Waals surface area contributed by atoms with Crippen molar-refractivity contribution in [2.75, 3.05) is 0 Å². The van der Waals surface area contributed by atoms with Crippen molar-refractivity contribution in [1.82, 2.24) is 0 Å². The molecule has 3 atom stereocenters. The van der Waals surface area contributed by atoms with Gasteiger partial charge in [-0.2, -0.15) is 8.42 Å². The molecule has 3 unspecified atom stereocenters. The Morgan fingerprint density at radius 3 is 2.35 bits per heavy atom. The van der Waals surface area contributed by atoms with Crippen LogP contribution < -0.4 is 10.4 Å². The largest absolute Gasteiger partial charge is 0.506 e. The monoisotopic (exact) mass is 498 g/mol. The van der Waals surface area contributed by atoms with Crippen molar-refractivity contribution in [1.29, 1.82) is 0 Å². The van der Waals surface area contributed by atoms with E-state index < -0.39 is 38.8 Å². The van der Waals surface area contributed by atoms with Gasteiger partial charge in [0.05, 0.1) is 10.3 Å². The van der Waals surface area contributed by atoms with E-state index in [0.29, 0.717) is 26.4 Å². The Kier molecular flexibility index (Phi) is 5.20. The van der Waals surface area contributed by atoms with Gasteiger partial charge in [-0.3, -0.25) is 9.35 Å². The Morgan fingerprint density at radius 2 is 1.68 bits per heavy atom. The fourth-order valence-corrected chi connectivity index (χ4v) is 6.87. The number of benzene rings is 3. The van der Waals surface area contributed by atoms with Crippen molar-refractivity contribution < 1.29 is 27.3 Å². The number of carbonyl (C=O) groups is 1. The third-order valence-corrected chi connectivity index (χ3v) is 8.61. The van der Waals surface area contributed by atoms with Crippen LogP contribution >= 0.6 is 11.6 Å². The molecular formula is C26H20ClFO5S. The molecule has 174 valence electrons. The van der Waals surface area contributed by atoms with Gasteiger partial charge >= 0.3 is 0 Å². The summed E-state index contributed by atoms with van der Waals surface area (Å²) < 4.78 is 49.4. The standard InChI is InChI=1S/C26H20ClFO5S/c1-12-9-14-7-8-17-15-5-3-4-6-16(15)23(18-10-21(29)19(27)11-20(18)28)25(30)24(17)22(14)13(2)26(12)34(31,32)33/h3-13,26,29H,1-2H3,(H,31,32,33). The predicted molar refractivity (Wildman–Crippen MR) is 127 cm³/mol. The molecule has 0 amide bonds. The molecule has 0 aromatic heterocycles. The highest BCUT2D eigenvalue weighted by molar-refractivity contribution is 7.86. The first-order valence-corrected chi connectivity index (χ1v) is 12.6. The molecule has 5 rings (SSSR count). The average molecular weight is 499 g/mol. The van der Waals surface area contributed by atoms with Crippen LogP contribution in [0, 0.1) is 22.2 Å². The van der Waals surface area contributed by atoms with E-state index in [1.807, 2.05) is 6.07 Å². The lowest BCUT2D eigenvalue weighted by atomic mass is 9.77. The van der Waals surface area contributed by atoms with E-state index in [0.717, 1.165) is 12.1 Å². The fraction of sp³-hybridized carbons (Fsp3) is 0.192. The quantitative estimate of drug-likeness (QED) is 0.526. The first kappa shape index (κ1) is 22.8. The molecule has 0 aliphatic heterocycles. The van der Waals surface area contributed by atoms with Crippen LogP contribution in [-0.2, 0) is 10.1 Å². The van der Waals surface area contributed by atoms with Gasteiger partial charge in [-0.1, -0.05) is 67.9 Å². The number of fused-ring (bicyclic) bond motifs is 4. The van der Waals surface area contributed by atoms with Gasteiger partial charge in [-0.05, 0) is 44.5 Å². The lowest BCUT2D eigenvalue weighted by molar-refractivity contribution is 0.105. The van der Waals surface area contributed by atoms with Crippen LogP contribution in [0.2, 0.25) is 5.02 Å². The van der Waals surface area contributed by atoms with Crippen molar-refractivity contribution in [3.63, 3.8) is 0 Å². The summed E-state index contributed by atoms with van der Waals surface area (Å²) in [5.41, 5.74) is 0.711. The number of ketones is 1.